The molecule has 25 heavy (non-hydrogen) atoms. The van der Waals surface area contributed by atoms with E-state index in [1.807, 2.05) is 36.7 Å². The lowest BCUT2D eigenvalue weighted by molar-refractivity contribution is 0.561. The molecule has 5 heteroatoms. The van der Waals surface area contributed by atoms with E-state index >= 15 is 0 Å². The number of nitrogens with zero attached hydrogens (tertiary/aromatic N) is 2. The standard InChI is InChI=1S/C20H24N4O/c1-20(2,3)19-16(13-22-23-19)12-21-17-8-6-7-15(11-17)14-24-10-5-4-9-18(24)25/h4-11,13,21H,12,14H2,1-3H3,(H,22,23). The summed E-state index contributed by atoms with van der Waals surface area (Å²) in [6.07, 6.45) is 3.68. The zero-order chi connectivity index (χ0) is 17.9. The molecule has 5 nitrogen and oxygen atoms in total. The summed E-state index contributed by atoms with van der Waals surface area (Å²) in [5.41, 5.74) is 4.46. The molecule has 2 N–H and O–H groups in total. The highest BCUT2D eigenvalue weighted by atomic mass is 16.1. The molecule has 0 bridgehead atoms. The van der Waals surface area contributed by atoms with Gasteiger partial charge in [-0.2, -0.15) is 5.10 Å². The summed E-state index contributed by atoms with van der Waals surface area (Å²) in [6, 6.07) is 13.4. The first kappa shape index (κ1) is 17.0. The van der Waals surface area contributed by atoms with Crippen molar-refractivity contribution in [2.45, 2.75) is 39.3 Å². The van der Waals surface area contributed by atoms with E-state index in [1.165, 1.54) is 0 Å². The predicted molar refractivity (Wildman–Crippen MR) is 101 cm³/mol. The fourth-order valence-electron chi connectivity index (χ4n) is 2.86. The molecule has 0 fully saturated rings. The van der Waals surface area contributed by atoms with Crippen LogP contribution in [0.4, 0.5) is 5.69 Å². The van der Waals surface area contributed by atoms with Crippen molar-refractivity contribution in [3.05, 3.63) is 82.0 Å². The molecule has 0 unspecified atom stereocenters. The normalized spacial score (nSPS) is 11.5. The Morgan fingerprint density at radius 1 is 1.16 bits per heavy atom. The highest BCUT2D eigenvalue weighted by molar-refractivity contribution is 5.46. The van der Waals surface area contributed by atoms with E-state index in [2.05, 4.69) is 42.4 Å². The molecule has 3 aromatic rings. The van der Waals surface area contributed by atoms with Gasteiger partial charge in [0, 0.05) is 41.2 Å². The van der Waals surface area contributed by atoms with Crippen molar-refractivity contribution in [2.75, 3.05) is 5.32 Å². The number of aromatic nitrogens is 3. The van der Waals surface area contributed by atoms with E-state index < -0.39 is 0 Å². The van der Waals surface area contributed by atoms with Crippen molar-refractivity contribution in [3.63, 3.8) is 0 Å². The summed E-state index contributed by atoms with van der Waals surface area (Å²) < 4.78 is 1.70. The van der Waals surface area contributed by atoms with Gasteiger partial charge >= 0.3 is 0 Å². The quantitative estimate of drug-likeness (QED) is 0.749. The third kappa shape index (κ3) is 4.18. The number of aromatic amines is 1. The van der Waals surface area contributed by atoms with Crippen LogP contribution in [-0.4, -0.2) is 14.8 Å². The highest BCUT2D eigenvalue weighted by Gasteiger charge is 2.19. The van der Waals surface area contributed by atoms with Crippen molar-refractivity contribution < 1.29 is 0 Å². The number of hydrogen-bond acceptors (Lipinski definition) is 3. The van der Waals surface area contributed by atoms with Crippen molar-refractivity contribution >= 4 is 5.69 Å². The lowest BCUT2D eigenvalue weighted by atomic mass is 9.89. The van der Waals surface area contributed by atoms with Gasteiger partial charge in [-0.25, -0.2) is 0 Å². The molecule has 3 rings (SSSR count). The summed E-state index contributed by atoms with van der Waals surface area (Å²) in [5, 5.41) is 10.7. The van der Waals surface area contributed by atoms with E-state index in [1.54, 1.807) is 16.7 Å². The summed E-state index contributed by atoms with van der Waals surface area (Å²) in [4.78, 5) is 11.9. The van der Waals surface area contributed by atoms with Crippen LogP contribution in [0.2, 0.25) is 0 Å². The largest absolute Gasteiger partial charge is 0.381 e. The summed E-state index contributed by atoms with van der Waals surface area (Å²) >= 11 is 0. The molecule has 0 radical (unpaired) electrons. The van der Waals surface area contributed by atoms with Crippen LogP contribution in [0.1, 0.15) is 37.6 Å². The molecule has 0 atom stereocenters. The number of rotatable bonds is 5. The summed E-state index contributed by atoms with van der Waals surface area (Å²) in [6.45, 7) is 7.78. The highest BCUT2D eigenvalue weighted by Crippen LogP contribution is 2.24. The minimum Gasteiger partial charge on any atom is -0.381 e. The fraction of sp³-hybridized carbons (Fsp3) is 0.300. The second-order valence-electron chi connectivity index (χ2n) is 7.24. The van der Waals surface area contributed by atoms with Gasteiger partial charge in [-0.3, -0.25) is 9.89 Å². The van der Waals surface area contributed by atoms with Gasteiger partial charge in [0.1, 0.15) is 0 Å². The minimum absolute atomic E-state index is 0.00841. The number of benzene rings is 1. The van der Waals surface area contributed by atoms with Crippen LogP contribution in [0.15, 0.2) is 59.7 Å². The molecule has 2 heterocycles. The maximum absolute atomic E-state index is 11.9. The van der Waals surface area contributed by atoms with Gasteiger partial charge in [0.2, 0.25) is 0 Å². The van der Waals surface area contributed by atoms with Gasteiger partial charge in [-0.1, -0.05) is 39.0 Å². The lowest BCUT2D eigenvalue weighted by Gasteiger charge is -2.19. The topological polar surface area (TPSA) is 62.7 Å². The Kier molecular flexibility index (Phi) is 4.74. The van der Waals surface area contributed by atoms with Gasteiger partial charge in [0.25, 0.3) is 5.56 Å². The summed E-state index contributed by atoms with van der Waals surface area (Å²) in [5.74, 6) is 0. The molecule has 0 amide bonds. The predicted octanol–water partition coefficient (Wildman–Crippen LogP) is 3.53. The van der Waals surface area contributed by atoms with Crippen LogP contribution < -0.4 is 10.9 Å². The first-order valence-electron chi connectivity index (χ1n) is 8.44. The van der Waals surface area contributed by atoms with E-state index in [4.69, 9.17) is 0 Å². The van der Waals surface area contributed by atoms with Crippen LogP contribution >= 0.6 is 0 Å². The Bertz CT molecular complexity index is 902. The average molecular weight is 336 g/mol. The number of hydrogen-bond donors (Lipinski definition) is 2. The molecule has 0 aliphatic rings. The first-order valence-corrected chi connectivity index (χ1v) is 8.44. The van der Waals surface area contributed by atoms with Gasteiger partial charge in [0.15, 0.2) is 0 Å². The monoisotopic (exact) mass is 336 g/mol. The van der Waals surface area contributed by atoms with Crippen molar-refractivity contribution in [3.8, 4) is 0 Å². The van der Waals surface area contributed by atoms with E-state index in [-0.39, 0.29) is 11.0 Å². The van der Waals surface area contributed by atoms with Crippen LogP contribution in [0.3, 0.4) is 0 Å². The number of nitrogens with one attached hydrogen (secondary N) is 2. The van der Waals surface area contributed by atoms with Gasteiger partial charge < -0.3 is 9.88 Å². The second kappa shape index (κ2) is 6.97. The number of pyridine rings is 1. The molecule has 0 saturated carbocycles. The van der Waals surface area contributed by atoms with E-state index in [0.29, 0.717) is 13.1 Å². The maximum atomic E-state index is 11.9. The van der Waals surface area contributed by atoms with Gasteiger partial charge in [0.05, 0.1) is 12.7 Å². The van der Waals surface area contributed by atoms with Gasteiger partial charge in [-0.15, -0.1) is 0 Å². The third-order valence-electron chi connectivity index (χ3n) is 4.13. The van der Waals surface area contributed by atoms with Crippen LogP contribution in [0.25, 0.3) is 0 Å². The maximum Gasteiger partial charge on any atom is 0.250 e. The Labute approximate surface area is 147 Å². The Morgan fingerprint density at radius 3 is 2.76 bits per heavy atom. The first-order chi connectivity index (χ1) is 11.9. The van der Waals surface area contributed by atoms with Crippen molar-refractivity contribution in [1.29, 1.82) is 0 Å². The number of anilines is 1. The Balaban J connectivity index is 1.72. The Hall–Kier alpha value is -2.82. The molecule has 2 aromatic heterocycles. The molecule has 1 aromatic carbocycles. The SMILES string of the molecule is CC(C)(C)c1[nH]ncc1CNc1cccc(Cn2ccccc2=O)c1. The van der Waals surface area contributed by atoms with Crippen molar-refractivity contribution in [1.82, 2.24) is 14.8 Å². The van der Waals surface area contributed by atoms with Gasteiger partial charge in [-0.05, 0) is 23.8 Å². The second-order valence-corrected chi connectivity index (χ2v) is 7.24. The molecule has 0 spiro atoms. The zero-order valence-electron chi connectivity index (χ0n) is 14.9. The minimum atomic E-state index is 0.00841. The summed E-state index contributed by atoms with van der Waals surface area (Å²) in [7, 11) is 0. The van der Waals surface area contributed by atoms with Crippen LogP contribution in [-0.2, 0) is 18.5 Å². The van der Waals surface area contributed by atoms with E-state index in [0.717, 1.165) is 22.5 Å². The molecule has 0 saturated heterocycles. The zero-order valence-corrected chi connectivity index (χ0v) is 14.9. The fourth-order valence-corrected chi connectivity index (χ4v) is 2.86. The van der Waals surface area contributed by atoms with Crippen LogP contribution in [0, 0.1) is 0 Å². The smallest absolute Gasteiger partial charge is 0.250 e. The molecular weight excluding hydrogens is 312 g/mol. The molecule has 0 aliphatic heterocycles. The lowest BCUT2D eigenvalue weighted by Crippen LogP contribution is -2.18. The average Bonchev–Trinajstić information content (AvgIpc) is 3.04. The van der Waals surface area contributed by atoms with Crippen molar-refractivity contribution in [2.24, 2.45) is 0 Å². The molecule has 0 aliphatic carbocycles. The number of H-pyrrole nitrogens is 1. The third-order valence-corrected chi connectivity index (χ3v) is 4.13. The molecular formula is C20H24N4O. The molecule has 130 valence electrons. The van der Waals surface area contributed by atoms with E-state index in [9.17, 15) is 4.79 Å². The van der Waals surface area contributed by atoms with Crippen LogP contribution in [0.5, 0.6) is 0 Å². The Morgan fingerprint density at radius 2 is 2.00 bits per heavy atom.